The van der Waals surface area contributed by atoms with E-state index in [2.05, 4.69) is 0 Å². The molecule has 1 aromatic rings. The number of benzene rings is 1. The summed E-state index contributed by atoms with van der Waals surface area (Å²) in [4.78, 5) is 0. The van der Waals surface area contributed by atoms with Crippen LogP contribution in [0.25, 0.3) is 0 Å². The van der Waals surface area contributed by atoms with Gasteiger partial charge < -0.3 is 15.2 Å². The maximum Gasteiger partial charge on any atom is 0.157 e. The Kier molecular flexibility index (Phi) is 3.95. The summed E-state index contributed by atoms with van der Waals surface area (Å²) in [5, 5.41) is 1.18. The SMILES string of the molecule is COC(OC)[Si]c1ccc(N)cc1. The van der Waals surface area contributed by atoms with Crippen molar-refractivity contribution < 1.29 is 9.47 Å². The van der Waals surface area contributed by atoms with Crippen LogP contribution in [0.4, 0.5) is 5.69 Å². The van der Waals surface area contributed by atoms with Gasteiger partial charge in [0, 0.05) is 19.9 Å². The van der Waals surface area contributed by atoms with Crippen molar-refractivity contribution in [1.82, 2.24) is 0 Å². The number of nitrogen functional groups attached to an aromatic ring is 1. The van der Waals surface area contributed by atoms with Crippen LogP contribution >= 0.6 is 0 Å². The van der Waals surface area contributed by atoms with Crippen LogP contribution in [0.1, 0.15) is 0 Å². The molecule has 0 saturated carbocycles. The van der Waals surface area contributed by atoms with Crippen LogP contribution in [0.5, 0.6) is 0 Å². The highest BCUT2D eigenvalue weighted by molar-refractivity contribution is 6.54. The molecule has 0 aliphatic rings. The Hall–Kier alpha value is -0.843. The summed E-state index contributed by atoms with van der Waals surface area (Å²) in [6.45, 7) is 0. The van der Waals surface area contributed by atoms with Gasteiger partial charge in [-0.15, -0.1) is 0 Å². The van der Waals surface area contributed by atoms with Crippen molar-refractivity contribution in [2.75, 3.05) is 20.0 Å². The fourth-order valence-electron chi connectivity index (χ4n) is 0.930. The lowest BCUT2D eigenvalue weighted by Gasteiger charge is -2.11. The first-order chi connectivity index (χ1) is 6.26. The van der Waals surface area contributed by atoms with Crippen LogP contribution < -0.4 is 10.9 Å². The molecule has 0 saturated heterocycles. The molecule has 0 aromatic heterocycles. The Balaban J connectivity index is 2.58. The van der Waals surface area contributed by atoms with E-state index in [9.17, 15) is 0 Å². The average Bonchev–Trinajstić information content (AvgIpc) is 2.17. The molecule has 0 aliphatic carbocycles. The second-order valence-corrected chi connectivity index (χ2v) is 3.91. The van der Waals surface area contributed by atoms with Crippen LogP contribution in [-0.2, 0) is 9.47 Å². The van der Waals surface area contributed by atoms with Crippen molar-refractivity contribution in [3.63, 3.8) is 0 Å². The second kappa shape index (κ2) is 5.01. The lowest BCUT2D eigenvalue weighted by molar-refractivity contribution is -0.0429. The van der Waals surface area contributed by atoms with Crippen LogP contribution in [0.2, 0.25) is 0 Å². The normalized spacial score (nSPS) is 10.7. The quantitative estimate of drug-likeness (QED) is 0.423. The minimum absolute atomic E-state index is 0.149. The van der Waals surface area contributed by atoms with Crippen LogP contribution in [-0.4, -0.2) is 29.7 Å². The van der Waals surface area contributed by atoms with E-state index in [1.807, 2.05) is 24.3 Å². The van der Waals surface area contributed by atoms with Gasteiger partial charge >= 0.3 is 0 Å². The zero-order valence-electron chi connectivity index (χ0n) is 7.78. The van der Waals surface area contributed by atoms with Crippen LogP contribution in [0.15, 0.2) is 24.3 Å². The molecule has 2 N–H and O–H groups in total. The van der Waals surface area contributed by atoms with E-state index in [1.165, 1.54) is 5.19 Å². The van der Waals surface area contributed by atoms with E-state index in [0.29, 0.717) is 9.52 Å². The van der Waals surface area contributed by atoms with Crippen molar-refractivity contribution in [3.05, 3.63) is 24.3 Å². The molecule has 0 amide bonds. The van der Waals surface area contributed by atoms with Crippen LogP contribution in [0, 0.1) is 0 Å². The zero-order valence-corrected chi connectivity index (χ0v) is 8.78. The van der Waals surface area contributed by atoms with Crippen molar-refractivity contribution in [2.45, 2.75) is 5.91 Å². The molecule has 13 heavy (non-hydrogen) atoms. The Bertz CT molecular complexity index is 246. The van der Waals surface area contributed by atoms with Crippen molar-refractivity contribution in [2.24, 2.45) is 0 Å². The molecule has 1 rings (SSSR count). The van der Waals surface area contributed by atoms with Gasteiger partial charge in [0.2, 0.25) is 0 Å². The first kappa shape index (κ1) is 10.2. The Morgan fingerprint density at radius 2 is 1.69 bits per heavy atom. The van der Waals surface area contributed by atoms with Gasteiger partial charge in [-0.3, -0.25) is 0 Å². The first-order valence-corrected chi connectivity index (χ1v) is 5.01. The maximum atomic E-state index is 5.56. The van der Waals surface area contributed by atoms with Gasteiger partial charge in [-0.2, -0.15) is 0 Å². The van der Waals surface area contributed by atoms with Gasteiger partial charge in [0.15, 0.2) is 9.52 Å². The highest BCUT2D eigenvalue weighted by Crippen LogP contribution is 1.97. The first-order valence-electron chi connectivity index (χ1n) is 3.94. The predicted octanol–water partition coefficient (Wildman–Crippen LogP) is 0.175. The third-order valence-corrected chi connectivity index (χ3v) is 3.00. The molecule has 4 heteroatoms. The number of rotatable bonds is 4. The van der Waals surface area contributed by atoms with E-state index in [4.69, 9.17) is 15.2 Å². The summed E-state index contributed by atoms with van der Waals surface area (Å²) in [5.41, 5.74) is 6.34. The molecule has 70 valence electrons. The van der Waals surface area contributed by atoms with E-state index in [-0.39, 0.29) is 5.91 Å². The molecule has 0 fully saturated rings. The van der Waals surface area contributed by atoms with Gasteiger partial charge in [-0.1, -0.05) is 17.3 Å². The van der Waals surface area contributed by atoms with Crippen molar-refractivity contribution >= 4 is 20.4 Å². The molecule has 0 atom stereocenters. The zero-order chi connectivity index (χ0) is 9.68. The van der Waals surface area contributed by atoms with Crippen molar-refractivity contribution in [1.29, 1.82) is 0 Å². The van der Waals surface area contributed by atoms with E-state index in [0.717, 1.165) is 5.69 Å². The van der Waals surface area contributed by atoms with Crippen LogP contribution in [0.3, 0.4) is 0 Å². The summed E-state index contributed by atoms with van der Waals surface area (Å²) in [7, 11) is 3.77. The monoisotopic (exact) mass is 195 g/mol. The Labute approximate surface area is 80.7 Å². The lowest BCUT2D eigenvalue weighted by atomic mass is 10.3. The van der Waals surface area contributed by atoms with Gasteiger partial charge in [0.25, 0.3) is 0 Å². The number of nitrogens with two attached hydrogens (primary N) is 1. The molecule has 0 aliphatic heterocycles. The summed E-state index contributed by atoms with van der Waals surface area (Å²) in [5.74, 6) is -0.149. The van der Waals surface area contributed by atoms with Crippen molar-refractivity contribution in [3.8, 4) is 0 Å². The molecule has 1 aromatic carbocycles. The minimum atomic E-state index is -0.149. The Morgan fingerprint density at radius 3 is 2.15 bits per heavy atom. The number of hydrogen-bond donors (Lipinski definition) is 1. The fourth-order valence-corrected chi connectivity index (χ4v) is 1.80. The molecule has 0 unspecified atom stereocenters. The third kappa shape index (κ3) is 3.18. The topological polar surface area (TPSA) is 44.5 Å². The average molecular weight is 195 g/mol. The standard InChI is InChI=1S/C9H13NO2Si/c1-11-9(12-2)13-8-5-3-7(10)4-6-8/h3-6,9H,10H2,1-2H3. The number of anilines is 1. The van der Waals surface area contributed by atoms with E-state index in [1.54, 1.807) is 14.2 Å². The predicted molar refractivity (Wildman–Crippen MR) is 54.0 cm³/mol. The summed E-state index contributed by atoms with van der Waals surface area (Å²) >= 11 is 0. The third-order valence-electron chi connectivity index (χ3n) is 1.62. The number of methoxy groups -OCH3 is 2. The van der Waals surface area contributed by atoms with Gasteiger partial charge in [0.1, 0.15) is 5.91 Å². The fraction of sp³-hybridized carbons (Fsp3) is 0.333. The largest absolute Gasteiger partial charge is 0.399 e. The number of hydrogen-bond acceptors (Lipinski definition) is 3. The van der Waals surface area contributed by atoms with E-state index >= 15 is 0 Å². The molecular formula is C9H13NO2Si. The van der Waals surface area contributed by atoms with E-state index < -0.39 is 0 Å². The Morgan fingerprint density at radius 1 is 1.15 bits per heavy atom. The summed E-state index contributed by atoms with van der Waals surface area (Å²) in [6, 6.07) is 7.73. The van der Waals surface area contributed by atoms with Gasteiger partial charge in [-0.25, -0.2) is 0 Å². The van der Waals surface area contributed by atoms with Gasteiger partial charge in [-0.05, 0) is 12.1 Å². The smallest absolute Gasteiger partial charge is 0.157 e. The molecular weight excluding hydrogens is 182 g/mol. The van der Waals surface area contributed by atoms with Gasteiger partial charge in [0.05, 0.1) is 0 Å². The molecule has 2 radical (unpaired) electrons. The highest BCUT2D eigenvalue weighted by Gasteiger charge is 2.07. The molecule has 0 bridgehead atoms. The number of ether oxygens (including phenoxy) is 2. The molecule has 0 heterocycles. The molecule has 3 nitrogen and oxygen atoms in total. The maximum absolute atomic E-state index is 5.56. The summed E-state index contributed by atoms with van der Waals surface area (Å²) in [6.07, 6.45) is 0. The lowest BCUT2D eigenvalue weighted by Crippen LogP contribution is -2.30. The highest BCUT2D eigenvalue weighted by atomic mass is 28.2. The minimum Gasteiger partial charge on any atom is -0.399 e. The second-order valence-electron chi connectivity index (χ2n) is 2.57. The molecule has 0 spiro atoms. The summed E-state index contributed by atoms with van der Waals surface area (Å²) < 4.78 is 10.2.